The van der Waals surface area contributed by atoms with Gasteiger partial charge >= 0.3 is 0 Å². The molecule has 0 radical (unpaired) electrons. The van der Waals surface area contributed by atoms with Crippen LogP contribution in [0.4, 0.5) is 4.39 Å². The number of hydrogen-bond donors (Lipinski definition) is 2. The molecule has 15 heavy (non-hydrogen) atoms. The van der Waals surface area contributed by atoms with E-state index in [0.29, 0.717) is 25.3 Å². The minimum absolute atomic E-state index is 0.202. The van der Waals surface area contributed by atoms with E-state index in [2.05, 4.69) is 5.32 Å². The Morgan fingerprint density at radius 1 is 1.53 bits per heavy atom. The number of halogens is 2. The second kappa shape index (κ2) is 4.35. The molecular weight excluding hydrogens is 221 g/mol. The number of phenols is 1. The first kappa shape index (κ1) is 10.7. The van der Waals surface area contributed by atoms with Gasteiger partial charge in [0.2, 0.25) is 0 Å². The molecule has 1 atom stereocenters. The molecule has 1 saturated heterocycles. The zero-order valence-electron chi connectivity index (χ0n) is 7.96. The number of hydrogen-bond acceptors (Lipinski definition) is 3. The van der Waals surface area contributed by atoms with Crippen molar-refractivity contribution in [2.75, 3.05) is 19.8 Å². The van der Waals surface area contributed by atoms with Crippen molar-refractivity contribution in [3.63, 3.8) is 0 Å². The van der Waals surface area contributed by atoms with Gasteiger partial charge in [-0.15, -0.1) is 0 Å². The zero-order chi connectivity index (χ0) is 10.8. The van der Waals surface area contributed by atoms with E-state index in [4.69, 9.17) is 16.3 Å². The minimum atomic E-state index is -0.704. The molecule has 2 rings (SSSR count). The molecule has 0 unspecified atom stereocenters. The average Bonchev–Trinajstić information content (AvgIpc) is 2.24. The highest BCUT2D eigenvalue weighted by Crippen LogP contribution is 2.31. The monoisotopic (exact) mass is 231 g/mol. The van der Waals surface area contributed by atoms with Gasteiger partial charge in [0.15, 0.2) is 11.6 Å². The molecule has 1 heterocycles. The third-order valence-electron chi connectivity index (χ3n) is 2.35. The minimum Gasteiger partial charge on any atom is -0.505 e. The van der Waals surface area contributed by atoms with Crippen LogP contribution in [0.15, 0.2) is 12.1 Å². The van der Waals surface area contributed by atoms with Gasteiger partial charge in [0.05, 0.1) is 19.3 Å². The van der Waals surface area contributed by atoms with Gasteiger partial charge in [-0.2, -0.15) is 0 Å². The first-order valence-corrected chi connectivity index (χ1v) is 5.05. The largest absolute Gasteiger partial charge is 0.505 e. The number of aromatic hydroxyl groups is 1. The Morgan fingerprint density at radius 3 is 3.00 bits per heavy atom. The molecule has 0 aromatic heterocycles. The normalized spacial score (nSPS) is 21.6. The quantitative estimate of drug-likeness (QED) is 0.775. The lowest BCUT2D eigenvalue weighted by molar-refractivity contribution is 0.0759. The van der Waals surface area contributed by atoms with Crippen LogP contribution in [0, 0.1) is 5.82 Å². The average molecular weight is 232 g/mol. The summed E-state index contributed by atoms with van der Waals surface area (Å²) in [6.07, 6.45) is 0. The maximum Gasteiger partial charge on any atom is 0.166 e. The molecule has 1 aliphatic heterocycles. The number of nitrogens with one attached hydrogen (secondary N) is 1. The molecule has 2 N–H and O–H groups in total. The predicted octanol–water partition coefficient (Wildman–Crippen LogP) is 1.85. The summed E-state index contributed by atoms with van der Waals surface area (Å²) in [7, 11) is 0. The van der Waals surface area contributed by atoms with Crippen molar-refractivity contribution < 1.29 is 14.2 Å². The summed E-state index contributed by atoms with van der Waals surface area (Å²) in [6.45, 7) is 1.71. The van der Waals surface area contributed by atoms with E-state index >= 15 is 0 Å². The predicted molar refractivity (Wildman–Crippen MR) is 54.6 cm³/mol. The van der Waals surface area contributed by atoms with Gasteiger partial charge in [-0.1, -0.05) is 11.6 Å². The van der Waals surface area contributed by atoms with Gasteiger partial charge in [0, 0.05) is 17.1 Å². The first-order valence-electron chi connectivity index (χ1n) is 4.67. The number of rotatable bonds is 1. The lowest BCUT2D eigenvalue weighted by Gasteiger charge is -2.24. The zero-order valence-corrected chi connectivity index (χ0v) is 8.72. The Labute approximate surface area is 91.8 Å². The summed E-state index contributed by atoms with van der Waals surface area (Å²) >= 11 is 5.72. The van der Waals surface area contributed by atoms with Crippen LogP contribution in [0.1, 0.15) is 11.6 Å². The molecule has 0 aliphatic carbocycles. The standard InChI is InChI=1S/C10H11ClFNO2/c11-6-3-7(10(14)8(12)4-6)9-5-15-2-1-13-9/h3-4,9,13-14H,1-2,5H2/t9-/m1/s1. The third kappa shape index (κ3) is 2.22. The molecule has 1 aliphatic rings. The molecular formula is C10H11ClFNO2. The number of benzene rings is 1. The summed E-state index contributed by atoms with van der Waals surface area (Å²) in [5, 5.41) is 12.9. The number of ether oxygens (including phenoxy) is 1. The smallest absolute Gasteiger partial charge is 0.166 e. The summed E-state index contributed by atoms with van der Waals surface area (Å²) in [5.41, 5.74) is 0.444. The lowest BCUT2D eigenvalue weighted by atomic mass is 10.1. The maximum atomic E-state index is 13.2. The van der Waals surface area contributed by atoms with Crippen LogP contribution in [-0.4, -0.2) is 24.9 Å². The van der Waals surface area contributed by atoms with Crippen molar-refractivity contribution in [1.82, 2.24) is 5.32 Å². The fraction of sp³-hybridized carbons (Fsp3) is 0.400. The van der Waals surface area contributed by atoms with Crippen LogP contribution in [0.3, 0.4) is 0 Å². The number of phenolic OH excluding ortho intramolecular Hbond substituents is 1. The summed E-state index contributed by atoms with van der Waals surface area (Å²) in [5.74, 6) is -1.06. The molecule has 0 saturated carbocycles. The Bertz CT molecular complexity index is 367. The van der Waals surface area contributed by atoms with Gasteiger partial charge in [-0.25, -0.2) is 4.39 Å². The fourth-order valence-corrected chi connectivity index (χ4v) is 1.83. The molecule has 1 aromatic rings. The van der Waals surface area contributed by atoms with Crippen LogP contribution >= 0.6 is 11.6 Å². The molecule has 0 bridgehead atoms. The van der Waals surface area contributed by atoms with E-state index in [1.165, 1.54) is 0 Å². The molecule has 0 spiro atoms. The highest BCUT2D eigenvalue weighted by atomic mass is 35.5. The van der Waals surface area contributed by atoms with Gasteiger partial charge in [0.1, 0.15) is 0 Å². The molecule has 3 nitrogen and oxygen atoms in total. The van der Waals surface area contributed by atoms with Gasteiger partial charge in [0.25, 0.3) is 0 Å². The van der Waals surface area contributed by atoms with Crippen LogP contribution in [0.2, 0.25) is 5.02 Å². The summed E-state index contributed by atoms with van der Waals surface area (Å²) < 4.78 is 18.4. The van der Waals surface area contributed by atoms with E-state index in [1.807, 2.05) is 0 Å². The topological polar surface area (TPSA) is 41.5 Å². The van der Waals surface area contributed by atoms with Gasteiger partial charge < -0.3 is 15.2 Å². The molecule has 5 heteroatoms. The van der Waals surface area contributed by atoms with E-state index in [1.54, 1.807) is 6.07 Å². The Hall–Kier alpha value is -0.840. The Kier molecular flexibility index (Phi) is 3.09. The molecule has 82 valence electrons. The van der Waals surface area contributed by atoms with Crippen molar-refractivity contribution in [2.45, 2.75) is 6.04 Å². The van der Waals surface area contributed by atoms with Crippen molar-refractivity contribution in [3.8, 4) is 5.75 Å². The van der Waals surface area contributed by atoms with E-state index in [0.717, 1.165) is 6.07 Å². The van der Waals surface area contributed by atoms with Crippen molar-refractivity contribution in [1.29, 1.82) is 0 Å². The van der Waals surface area contributed by atoms with E-state index < -0.39 is 5.82 Å². The fourth-order valence-electron chi connectivity index (χ4n) is 1.62. The highest BCUT2D eigenvalue weighted by Gasteiger charge is 2.21. The third-order valence-corrected chi connectivity index (χ3v) is 2.57. The van der Waals surface area contributed by atoms with E-state index in [-0.39, 0.29) is 16.8 Å². The first-order chi connectivity index (χ1) is 7.18. The van der Waals surface area contributed by atoms with Crippen molar-refractivity contribution in [3.05, 3.63) is 28.5 Å². The SMILES string of the molecule is Oc1c(F)cc(Cl)cc1[C@H]1COCCN1. The summed E-state index contributed by atoms with van der Waals surface area (Å²) in [4.78, 5) is 0. The van der Waals surface area contributed by atoms with Crippen molar-refractivity contribution in [2.24, 2.45) is 0 Å². The van der Waals surface area contributed by atoms with Crippen molar-refractivity contribution >= 4 is 11.6 Å². The summed E-state index contributed by atoms with van der Waals surface area (Å²) in [6, 6.07) is 2.43. The second-order valence-corrected chi connectivity index (χ2v) is 3.84. The number of morpholine rings is 1. The van der Waals surface area contributed by atoms with E-state index in [9.17, 15) is 9.50 Å². The van der Waals surface area contributed by atoms with Gasteiger partial charge in [-0.05, 0) is 12.1 Å². The Balaban J connectivity index is 2.33. The van der Waals surface area contributed by atoms with Crippen LogP contribution in [0.5, 0.6) is 5.75 Å². The Morgan fingerprint density at radius 2 is 2.33 bits per heavy atom. The highest BCUT2D eigenvalue weighted by molar-refractivity contribution is 6.30. The lowest BCUT2D eigenvalue weighted by Crippen LogP contribution is -2.34. The molecule has 1 aromatic carbocycles. The van der Waals surface area contributed by atoms with Crippen LogP contribution in [-0.2, 0) is 4.74 Å². The molecule has 0 amide bonds. The second-order valence-electron chi connectivity index (χ2n) is 3.41. The van der Waals surface area contributed by atoms with Gasteiger partial charge in [-0.3, -0.25) is 0 Å². The van der Waals surface area contributed by atoms with Crippen LogP contribution < -0.4 is 5.32 Å². The molecule has 1 fully saturated rings. The van der Waals surface area contributed by atoms with Crippen LogP contribution in [0.25, 0.3) is 0 Å². The maximum absolute atomic E-state index is 13.2.